The Hall–Kier alpha value is -1.58. The van der Waals surface area contributed by atoms with E-state index in [0.717, 1.165) is 45.2 Å². The predicted octanol–water partition coefficient (Wildman–Crippen LogP) is 2.40. The highest BCUT2D eigenvalue weighted by molar-refractivity contribution is 5.79. The lowest BCUT2D eigenvalue weighted by atomic mass is 9.92. The Morgan fingerprint density at radius 3 is 2.95 bits per heavy atom. The van der Waals surface area contributed by atoms with E-state index in [1.54, 1.807) is 0 Å². The fourth-order valence-corrected chi connectivity index (χ4v) is 3.14. The van der Waals surface area contributed by atoms with Gasteiger partial charge in [0.1, 0.15) is 0 Å². The Kier molecular flexibility index (Phi) is 3.67. The molecule has 0 bridgehead atoms. The summed E-state index contributed by atoms with van der Waals surface area (Å²) in [4.78, 5) is 14.6. The van der Waals surface area contributed by atoms with Gasteiger partial charge in [-0.05, 0) is 38.2 Å². The summed E-state index contributed by atoms with van der Waals surface area (Å²) in [6.45, 7) is 1.73. The topological polar surface area (TPSA) is 38.1 Å². The smallest absolute Gasteiger partial charge is 0.226 e. The Labute approximate surface area is 114 Å². The second-order valence-electron chi connectivity index (χ2n) is 5.55. The van der Waals surface area contributed by atoms with Crippen LogP contribution in [0.1, 0.15) is 38.1 Å². The number of hydrogen-bond donors (Lipinski definition) is 0. The molecule has 2 atom stereocenters. The number of aromatic nitrogens is 2. The van der Waals surface area contributed by atoms with Crippen molar-refractivity contribution in [1.82, 2.24) is 14.7 Å². The van der Waals surface area contributed by atoms with E-state index in [-0.39, 0.29) is 5.92 Å². The van der Waals surface area contributed by atoms with E-state index in [2.05, 4.69) is 22.2 Å². The fourth-order valence-electron chi connectivity index (χ4n) is 3.14. The Bertz CT molecular complexity index is 452. The quantitative estimate of drug-likeness (QED) is 0.765. The van der Waals surface area contributed by atoms with Gasteiger partial charge in [0.2, 0.25) is 5.91 Å². The lowest BCUT2D eigenvalue weighted by Gasteiger charge is -2.35. The third-order valence-electron chi connectivity index (χ3n) is 4.23. The zero-order valence-corrected chi connectivity index (χ0v) is 11.2. The average Bonchev–Trinajstić information content (AvgIpc) is 3.02. The van der Waals surface area contributed by atoms with Crippen molar-refractivity contribution in [2.24, 2.45) is 5.92 Å². The normalized spacial score (nSPS) is 27.5. The molecule has 0 unspecified atom stereocenters. The molecule has 1 fully saturated rings. The molecule has 0 N–H and O–H groups in total. The molecular weight excluding hydrogens is 238 g/mol. The lowest BCUT2D eigenvalue weighted by molar-refractivity contribution is -0.137. The number of likely N-dealkylation sites (tertiary alicyclic amines) is 1. The number of allylic oxidation sites excluding steroid dienone is 2. The predicted molar refractivity (Wildman–Crippen MR) is 73.6 cm³/mol. The SMILES string of the molecule is O=C([C@H]1CC=CCC1)N1CCC[C@@H](n2cccn2)C1. The molecule has 1 amide bonds. The zero-order chi connectivity index (χ0) is 13.1. The van der Waals surface area contributed by atoms with Crippen molar-refractivity contribution in [3.63, 3.8) is 0 Å². The third kappa shape index (κ3) is 2.72. The van der Waals surface area contributed by atoms with Gasteiger partial charge in [-0.1, -0.05) is 12.2 Å². The van der Waals surface area contributed by atoms with Crippen LogP contribution in [0, 0.1) is 5.92 Å². The van der Waals surface area contributed by atoms with E-state index in [9.17, 15) is 4.79 Å². The molecule has 0 spiro atoms. The van der Waals surface area contributed by atoms with Crippen LogP contribution in [0.2, 0.25) is 0 Å². The molecule has 0 aromatic carbocycles. The molecule has 1 aliphatic heterocycles. The van der Waals surface area contributed by atoms with Gasteiger partial charge in [0.05, 0.1) is 6.04 Å². The summed E-state index contributed by atoms with van der Waals surface area (Å²) in [6, 6.07) is 2.30. The van der Waals surface area contributed by atoms with Crippen LogP contribution in [0.4, 0.5) is 0 Å². The molecule has 0 saturated carbocycles. The first-order valence-electron chi connectivity index (χ1n) is 7.27. The van der Waals surface area contributed by atoms with Gasteiger partial charge >= 0.3 is 0 Å². The zero-order valence-electron chi connectivity index (χ0n) is 11.2. The van der Waals surface area contributed by atoms with Crippen molar-refractivity contribution in [2.45, 2.75) is 38.1 Å². The highest BCUT2D eigenvalue weighted by Crippen LogP contribution is 2.25. The molecule has 2 heterocycles. The van der Waals surface area contributed by atoms with Crippen LogP contribution in [-0.4, -0.2) is 33.7 Å². The van der Waals surface area contributed by atoms with E-state index < -0.39 is 0 Å². The van der Waals surface area contributed by atoms with Crippen LogP contribution in [0.5, 0.6) is 0 Å². The summed E-state index contributed by atoms with van der Waals surface area (Å²) in [7, 11) is 0. The molecule has 1 aromatic heterocycles. The number of carbonyl (C=O) groups is 1. The minimum Gasteiger partial charge on any atom is -0.340 e. The molecular formula is C15H21N3O. The minimum atomic E-state index is 0.210. The number of hydrogen-bond acceptors (Lipinski definition) is 2. The summed E-state index contributed by atoms with van der Waals surface area (Å²) >= 11 is 0. The van der Waals surface area contributed by atoms with Gasteiger partial charge in [0.15, 0.2) is 0 Å². The second-order valence-corrected chi connectivity index (χ2v) is 5.55. The number of rotatable bonds is 2. The van der Waals surface area contributed by atoms with Crippen molar-refractivity contribution in [1.29, 1.82) is 0 Å². The molecule has 102 valence electrons. The summed E-state index contributed by atoms with van der Waals surface area (Å²) in [6.07, 6.45) is 13.3. The maximum absolute atomic E-state index is 12.5. The molecule has 0 radical (unpaired) electrons. The Balaban J connectivity index is 1.64. The summed E-state index contributed by atoms with van der Waals surface area (Å²) < 4.78 is 2.00. The van der Waals surface area contributed by atoms with Crippen molar-refractivity contribution in [3.05, 3.63) is 30.6 Å². The first-order chi connectivity index (χ1) is 9.34. The van der Waals surface area contributed by atoms with Crippen LogP contribution < -0.4 is 0 Å². The van der Waals surface area contributed by atoms with E-state index >= 15 is 0 Å². The van der Waals surface area contributed by atoms with Crippen molar-refractivity contribution in [3.8, 4) is 0 Å². The molecule has 3 rings (SSSR count). The van der Waals surface area contributed by atoms with E-state index in [1.807, 2.05) is 23.1 Å². The largest absolute Gasteiger partial charge is 0.340 e. The first-order valence-corrected chi connectivity index (χ1v) is 7.27. The Morgan fingerprint density at radius 1 is 1.26 bits per heavy atom. The fraction of sp³-hybridized carbons (Fsp3) is 0.600. The molecule has 4 heteroatoms. The molecule has 4 nitrogen and oxygen atoms in total. The molecule has 2 aliphatic rings. The number of piperidine rings is 1. The minimum absolute atomic E-state index is 0.210. The maximum Gasteiger partial charge on any atom is 0.226 e. The molecule has 19 heavy (non-hydrogen) atoms. The first kappa shape index (κ1) is 12.5. The van der Waals surface area contributed by atoms with Crippen molar-refractivity contribution < 1.29 is 4.79 Å². The third-order valence-corrected chi connectivity index (χ3v) is 4.23. The number of amides is 1. The van der Waals surface area contributed by atoms with Crippen molar-refractivity contribution >= 4 is 5.91 Å². The van der Waals surface area contributed by atoms with Crippen LogP contribution in [0.15, 0.2) is 30.6 Å². The second kappa shape index (κ2) is 5.59. The van der Waals surface area contributed by atoms with Gasteiger partial charge in [0, 0.05) is 31.4 Å². The van der Waals surface area contributed by atoms with E-state index in [0.29, 0.717) is 11.9 Å². The number of carbonyl (C=O) groups excluding carboxylic acids is 1. The van der Waals surface area contributed by atoms with E-state index in [1.165, 1.54) is 0 Å². The van der Waals surface area contributed by atoms with Gasteiger partial charge in [-0.25, -0.2) is 0 Å². The summed E-state index contributed by atoms with van der Waals surface area (Å²) in [5.41, 5.74) is 0. The van der Waals surface area contributed by atoms with Crippen LogP contribution in [0.25, 0.3) is 0 Å². The molecule has 1 saturated heterocycles. The van der Waals surface area contributed by atoms with Gasteiger partial charge in [0.25, 0.3) is 0 Å². The standard InChI is InChI=1S/C15H21N3O/c19-15(13-6-2-1-3-7-13)17-10-4-8-14(12-17)18-11-5-9-16-18/h1-2,5,9,11,13-14H,3-4,6-8,10,12H2/t13-,14+/m0/s1. The summed E-state index contributed by atoms with van der Waals surface area (Å²) in [5.74, 6) is 0.558. The van der Waals surface area contributed by atoms with Gasteiger partial charge < -0.3 is 4.90 Å². The number of nitrogens with zero attached hydrogens (tertiary/aromatic N) is 3. The lowest BCUT2D eigenvalue weighted by Crippen LogP contribution is -2.43. The highest BCUT2D eigenvalue weighted by Gasteiger charge is 2.29. The van der Waals surface area contributed by atoms with Crippen LogP contribution in [0.3, 0.4) is 0 Å². The van der Waals surface area contributed by atoms with Crippen molar-refractivity contribution in [2.75, 3.05) is 13.1 Å². The molecule has 1 aliphatic carbocycles. The van der Waals surface area contributed by atoms with Crippen LogP contribution in [-0.2, 0) is 4.79 Å². The van der Waals surface area contributed by atoms with Gasteiger partial charge in [-0.15, -0.1) is 0 Å². The van der Waals surface area contributed by atoms with E-state index in [4.69, 9.17) is 0 Å². The Morgan fingerprint density at radius 2 is 2.21 bits per heavy atom. The highest BCUT2D eigenvalue weighted by atomic mass is 16.2. The monoisotopic (exact) mass is 259 g/mol. The summed E-state index contributed by atoms with van der Waals surface area (Å²) in [5, 5.41) is 4.31. The van der Waals surface area contributed by atoms with Gasteiger partial charge in [-0.2, -0.15) is 5.10 Å². The average molecular weight is 259 g/mol. The maximum atomic E-state index is 12.5. The molecule has 1 aromatic rings. The van der Waals surface area contributed by atoms with Crippen LogP contribution >= 0.6 is 0 Å². The van der Waals surface area contributed by atoms with Gasteiger partial charge in [-0.3, -0.25) is 9.48 Å².